The van der Waals surface area contributed by atoms with Gasteiger partial charge in [0.1, 0.15) is 16.5 Å². The quantitative estimate of drug-likeness (QED) is 0.725. The van der Waals surface area contributed by atoms with E-state index in [-0.39, 0.29) is 0 Å². The molecule has 3 aromatic rings. The molecule has 2 heterocycles. The fraction of sp³-hybridized carbons (Fsp3) is 0.421. The van der Waals surface area contributed by atoms with E-state index in [0.717, 1.165) is 45.4 Å². The summed E-state index contributed by atoms with van der Waals surface area (Å²) in [5, 5.41) is 25.0. The highest BCUT2D eigenvalue weighted by Gasteiger charge is 2.16. The first kappa shape index (κ1) is 17.6. The van der Waals surface area contributed by atoms with E-state index < -0.39 is 0 Å². The molecule has 3 rings (SSSR count). The van der Waals surface area contributed by atoms with Crippen LogP contribution in [-0.2, 0) is 13.0 Å². The maximum absolute atomic E-state index is 9.95. The second-order valence-corrected chi connectivity index (χ2v) is 7.78. The summed E-state index contributed by atoms with van der Waals surface area (Å²) >= 11 is 1.53. The maximum atomic E-state index is 9.95. The fourth-order valence-electron chi connectivity index (χ4n) is 2.94. The van der Waals surface area contributed by atoms with Crippen molar-refractivity contribution in [3.05, 3.63) is 35.0 Å². The molecule has 6 heteroatoms. The minimum atomic E-state index is 0.341. The van der Waals surface area contributed by atoms with Crippen molar-refractivity contribution >= 4 is 11.3 Å². The third-order valence-electron chi connectivity index (χ3n) is 4.16. The molecule has 0 aliphatic heterocycles. The number of aromatic hydroxyl groups is 1. The number of phenols is 1. The smallest absolute Gasteiger partial charge is 0.168 e. The van der Waals surface area contributed by atoms with Crippen molar-refractivity contribution in [3.63, 3.8) is 0 Å². The predicted molar refractivity (Wildman–Crippen MR) is 102 cm³/mol. The fourth-order valence-corrected chi connectivity index (χ4v) is 3.73. The molecule has 0 bridgehead atoms. The van der Waals surface area contributed by atoms with Gasteiger partial charge in [-0.1, -0.05) is 25.2 Å². The van der Waals surface area contributed by atoms with Gasteiger partial charge in [0.2, 0.25) is 0 Å². The van der Waals surface area contributed by atoms with E-state index in [9.17, 15) is 5.11 Å². The van der Waals surface area contributed by atoms with Gasteiger partial charge in [-0.2, -0.15) is 5.10 Å². The molecule has 0 aliphatic carbocycles. The Kier molecular flexibility index (Phi) is 4.90. The number of hydrogen-bond donors (Lipinski definition) is 1. The lowest BCUT2D eigenvalue weighted by Crippen LogP contribution is -2.05. The molecular weight excluding hydrogens is 332 g/mol. The summed E-state index contributed by atoms with van der Waals surface area (Å²) in [5.41, 5.74) is 4.80. The third-order valence-corrected chi connectivity index (χ3v) is 5.16. The van der Waals surface area contributed by atoms with Gasteiger partial charge in [-0.15, -0.1) is 10.2 Å². The molecule has 0 fully saturated rings. The molecule has 0 spiro atoms. The summed E-state index contributed by atoms with van der Waals surface area (Å²) in [4.78, 5) is 0. The highest BCUT2D eigenvalue weighted by Crippen LogP contribution is 2.33. The molecule has 0 amide bonds. The van der Waals surface area contributed by atoms with Gasteiger partial charge in [-0.25, -0.2) is 0 Å². The van der Waals surface area contributed by atoms with Crippen molar-refractivity contribution in [2.75, 3.05) is 0 Å². The van der Waals surface area contributed by atoms with Gasteiger partial charge in [0.25, 0.3) is 0 Å². The van der Waals surface area contributed by atoms with Crippen LogP contribution in [0.5, 0.6) is 5.75 Å². The summed E-state index contributed by atoms with van der Waals surface area (Å²) < 4.78 is 2.05. The van der Waals surface area contributed by atoms with Crippen molar-refractivity contribution < 1.29 is 5.11 Å². The van der Waals surface area contributed by atoms with Gasteiger partial charge < -0.3 is 5.11 Å². The van der Waals surface area contributed by atoms with Crippen LogP contribution in [-0.4, -0.2) is 25.1 Å². The van der Waals surface area contributed by atoms with E-state index in [1.54, 1.807) is 0 Å². The van der Waals surface area contributed by atoms with E-state index in [2.05, 4.69) is 37.0 Å². The Morgan fingerprint density at radius 2 is 1.72 bits per heavy atom. The number of rotatable bonds is 5. The lowest BCUT2D eigenvalue weighted by atomic mass is 10.1. The van der Waals surface area contributed by atoms with Crippen LogP contribution in [0.1, 0.15) is 37.6 Å². The largest absolute Gasteiger partial charge is 0.507 e. The number of nitrogens with zero attached hydrogens (tertiary/aromatic N) is 4. The highest BCUT2D eigenvalue weighted by atomic mass is 32.1. The maximum Gasteiger partial charge on any atom is 0.168 e. The Balaban J connectivity index is 1.95. The van der Waals surface area contributed by atoms with Crippen LogP contribution >= 0.6 is 11.3 Å². The van der Waals surface area contributed by atoms with Crippen molar-refractivity contribution in [2.24, 2.45) is 5.92 Å². The predicted octanol–water partition coefficient (Wildman–Crippen LogP) is 4.61. The molecule has 0 aliphatic rings. The van der Waals surface area contributed by atoms with E-state index in [1.165, 1.54) is 17.0 Å². The van der Waals surface area contributed by atoms with E-state index in [4.69, 9.17) is 5.10 Å². The van der Waals surface area contributed by atoms with Crippen LogP contribution in [0.25, 0.3) is 21.3 Å². The van der Waals surface area contributed by atoms with E-state index >= 15 is 0 Å². The van der Waals surface area contributed by atoms with Gasteiger partial charge in [0, 0.05) is 17.8 Å². The summed E-state index contributed by atoms with van der Waals surface area (Å²) in [6.45, 7) is 11.2. The standard InChI is InChI=1S/C19H24N4OS/c1-6-23-15(7-11(2)3)10-16(22-23)19-21-20-18(25-19)14-8-12(4)17(24)13(5)9-14/h8-11,24H,6-7H2,1-5H3. The van der Waals surface area contributed by atoms with E-state index in [1.807, 2.05) is 30.7 Å². The van der Waals surface area contributed by atoms with Gasteiger partial charge in [0.05, 0.1) is 0 Å². The Hall–Kier alpha value is -2.21. The molecule has 0 saturated carbocycles. The summed E-state index contributed by atoms with van der Waals surface area (Å²) in [6.07, 6.45) is 1.00. The molecule has 0 saturated heterocycles. The second kappa shape index (κ2) is 6.96. The molecule has 1 aromatic carbocycles. The zero-order valence-corrected chi connectivity index (χ0v) is 16.2. The molecule has 0 radical (unpaired) electrons. The number of aryl methyl sites for hydroxylation is 3. The van der Waals surface area contributed by atoms with Crippen LogP contribution in [0.2, 0.25) is 0 Å². The molecule has 0 atom stereocenters. The van der Waals surface area contributed by atoms with Crippen LogP contribution in [0.4, 0.5) is 0 Å². The Morgan fingerprint density at radius 3 is 2.32 bits per heavy atom. The zero-order valence-electron chi connectivity index (χ0n) is 15.4. The summed E-state index contributed by atoms with van der Waals surface area (Å²) in [6, 6.07) is 6.02. The summed E-state index contributed by atoms with van der Waals surface area (Å²) in [7, 11) is 0. The third kappa shape index (κ3) is 3.58. The van der Waals surface area contributed by atoms with E-state index in [0.29, 0.717) is 11.7 Å². The van der Waals surface area contributed by atoms with Crippen LogP contribution in [0.15, 0.2) is 18.2 Å². The normalized spacial score (nSPS) is 11.4. The number of aromatic nitrogens is 4. The molecular formula is C19H24N4OS. The van der Waals surface area contributed by atoms with Gasteiger partial charge in [0.15, 0.2) is 5.01 Å². The first-order chi connectivity index (χ1) is 11.9. The lowest BCUT2D eigenvalue weighted by Gasteiger charge is -2.06. The SMILES string of the molecule is CCn1nc(-c2nnc(-c3cc(C)c(O)c(C)c3)s2)cc1CC(C)C. The minimum absolute atomic E-state index is 0.341. The molecule has 25 heavy (non-hydrogen) atoms. The number of phenolic OH excluding ortho intramolecular Hbond substituents is 1. The van der Waals surface area contributed by atoms with Crippen molar-refractivity contribution in [1.82, 2.24) is 20.0 Å². The first-order valence-corrected chi connectivity index (χ1v) is 9.41. The molecule has 5 nitrogen and oxygen atoms in total. The summed E-state index contributed by atoms with van der Waals surface area (Å²) in [5.74, 6) is 0.927. The van der Waals surface area contributed by atoms with Crippen molar-refractivity contribution in [2.45, 2.75) is 47.6 Å². The molecule has 2 aromatic heterocycles. The van der Waals surface area contributed by atoms with Gasteiger partial charge in [-0.3, -0.25) is 4.68 Å². The van der Waals surface area contributed by atoms with Crippen molar-refractivity contribution in [1.29, 1.82) is 0 Å². The lowest BCUT2D eigenvalue weighted by molar-refractivity contribution is 0.467. The Morgan fingerprint density at radius 1 is 1.08 bits per heavy atom. The average Bonchev–Trinajstić information content (AvgIpc) is 3.18. The monoisotopic (exact) mass is 356 g/mol. The second-order valence-electron chi connectivity index (χ2n) is 6.81. The number of benzene rings is 1. The molecule has 132 valence electrons. The van der Waals surface area contributed by atoms with Crippen LogP contribution in [0, 0.1) is 19.8 Å². The Labute approximate surface area is 152 Å². The highest BCUT2D eigenvalue weighted by molar-refractivity contribution is 7.17. The van der Waals surface area contributed by atoms with Crippen LogP contribution in [0.3, 0.4) is 0 Å². The topological polar surface area (TPSA) is 63.8 Å². The first-order valence-electron chi connectivity index (χ1n) is 8.60. The minimum Gasteiger partial charge on any atom is -0.507 e. The molecule has 0 unspecified atom stereocenters. The zero-order chi connectivity index (χ0) is 18.1. The van der Waals surface area contributed by atoms with Gasteiger partial charge >= 0.3 is 0 Å². The van der Waals surface area contributed by atoms with Gasteiger partial charge in [-0.05, 0) is 62.4 Å². The number of hydrogen-bond acceptors (Lipinski definition) is 5. The Bertz CT molecular complexity index is 872. The molecule has 1 N–H and O–H groups in total. The van der Waals surface area contributed by atoms with Crippen molar-refractivity contribution in [3.8, 4) is 27.0 Å². The average molecular weight is 356 g/mol. The van der Waals surface area contributed by atoms with Crippen LogP contribution < -0.4 is 0 Å².